The van der Waals surface area contributed by atoms with E-state index in [1.165, 1.54) is 34.3 Å². The van der Waals surface area contributed by atoms with Gasteiger partial charge >= 0.3 is 5.69 Å². The Hall–Kier alpha value is -4.18. The first-order valence-electron chi connectivity index (χ1n) is 13.1. The number of hydrogen-bond donors (Lipinski definition) is 2. The minimum atomic E-state index is -0.583. The van der Waals surface area contributed by atoms with Gasteiger partial charge in [-0.1, -0.05) is 23.8 Å². The lowest BCUT2D eigenvalue weighted by Crippen LogP contribution is -2.41. The van der Waals surface area contributed by atoms with Gasteiger partial charge in [0.15, 0.2) is 0 Å². The first-order valence-corrected chi connectivity index (χ1v) is 13.9. The molecule has 0 spiro atoms. The molecule has 0 atom stereocenters. The first-order chi connectivity index (χ1) is 19.0. The quantitative estimate of drug-likeness (QED) is 0.295. The second-order valence-electron chi connectivity index (χ2n) is 9.55. The van der Waals surface area contributed by atoms with Gasteiger partial charge < -0.3 is 15.1 Å². The Morgan fingerprint density at radius 3 is 2.59 bits per heavy atom. The van der Waals surface area contributed by atoms with E-state index in [1.807, 2.05) is 0 Å². The van der Waals surface area contributed by atoms with Gasteiger partial charge in [-0.05, 0) is 73.4 Å². The maximum absolute atomic E-state index is 13.5. The Morgan fingerprint density at radius 2 is 1.85 bits per heavy atom. The number of carbonyl (C=O) groups excluding carboxylic acids is 2. The van der Waals surface area contributed by atoms with Crippen molar-refractivity contribution < 1.29 is 14.0 Å². The van der Waals surface area contributed by atoms with Crippen LogP contribution in [0.3, 0.4) is 0 Å². The Labute approximate surface area is 228 Å². The molecule has 2 amide bonds. The van der Waals surface area contributed by atoms with Crippen molar-refractivity contribution in [1.82, 2.24) is 19.8 Å². The number of amides is 2. The zero-order valence-corrected chi connectivity index (χ0v) is 22.3. The summed E-state index contributed by atoms with van der Waals surface area (Å²) < 4.78 is 8.05. The molecule has 0 fully saturated rings. The zero-order valence-electron chi connectivity index (χ0n) is 21.5. The molecule has 3 heterocycles. The molecule has 0 unspecified atom stereocenters. The van der Waals surface area contributed by atoms with Crippen LogP contribution in [0, 0.1) is 0 Å². The number of allylic oxidation sites excluding steroid dienone is 1. The molecule has 0 radical (unpaired) electrons. The number of rotatable bonds is 10. The minimum Gasteiger partial charge on any atom is -0.467 e. The largest absolute Gasteiger partial charge is 0.467 e. The third-order valence-electron chi connectivity index (χ3n) is 6.81. The normalized spacial score (nSPS) is 13.3. The van der Waals surface area contributed by atoms with Gasteiger partial charge in [0.1, 0.15) is 17.0 Å². The van der Waals surface area contributed by atoms with E-state index in [0.29, 0.717) is 34.8 Å². The molecule has 9 nitrogen and oxygen atoms in total. The summed E-state index contributed by atoms with van der Waals surface area (Å²) in [6.07, 6.45) is 9.32. The van der Waals surface area contributed by atoms with Gasteiger partial charge in [0.2, 0.25) is 11.8 Å². The highest BCUT2D eigenvalue weighted by Gasteiger charge is 2.18. The molecule has 1 aliphatic carbocycles. The van der Waals surface area contributed by atoms with Crippen LogP contribution in [0.1, 0.15) is 43.4 Å². The fourth-order valence-electron chi connectivity index (χ4n) is 4.77. The highest BCUT2D eigenvalue weighted by Crippen LogP contribution is 2.20. The number of aromatic nitrogens is 2. The predicted octanol–water partition coefficient (Wildman–Crippen LogP) is 3.67. The molecule has 1 aliphatic rings. The number of nitrogens with zero attached hydrogens (tertiary/aromatic N) is 2. The van der Waals surface area contributed by atoms with Crippen molar-refractivity contribution in [3.8, 4) is 5.69 Å². The molecule has 1 aromatic carbocycles. The van der Waals surface area contributed by atoms with Crippen molar-refractivity contribution >= 4 is 33.4 Å². The second-order valence-corrected chi connectivity index (χ2v) is 10.5. The van der Waals surface area contributed by atoms with Gasteiger partial charge in [0, 0.05) is 6.54 Å². The number of thiophene rings is 1. The highest BCUT2D eigenvalue weighted by atomic mass is 32.1. The van der Waals surface area contributed by atoms with Crippen LogP contribution in [-0.2, 0) is 29.1 Å². The smallest absolute Gasteiger partial charge is 0.336 e. The van der Waals surface area contributed by atoms with Crippen LogP contribution < -0.4 is 21.9 Å². The SMILES string of the molecule is O=C(Cc1ccc(-n2c(=O)c3sccc3n(CC(=O)NCCC3=CCCCC3)c2=O)cc1)NCc1ccco1. The number of carbonyl (C=O) groups is 2. The molecule has 0 saturated carbocycles. The molecule has 0 saturated heterocycles. The van der Waals surface area contributed by atoms with E-state index >= 15 is 0 Å². The Bertz CT molecular complexity index is 1610. The van der Waals surface area contributed by atoms with Crippen LogP contribution in [0.2, 0.25) is 0 Å². The Balaban J connectivity index is 1.30. The number of fused-ring (bicyclic) bond motifs is 1. The van der Waals surface area contributed by atoms with Crippen LogP contribution in [0.15, 0.2) is 79.8 Å². The van der Waals surface area contributed by atoms with Crippen molar-refractivity contribution in [3.05, 3.63) is 97.9 Å². The Kier molecular flexibility index (Phi) is 8.21. The van der Waals surface area contributed by atoms with Crippen molar-refractivity contribution in [2.45, 2.75) is 51.6 Å². The van der Waals surface area contributed by atoms with Gasteiger partial charge in [0.05, 0.1) is 30.4 Å². The van der Waals surface area contributed by atoms with Gasteiger partial charge in [-0.15, -0.1) is 11.3 Å². The van der Waals surface area contributed by atoms with Gasteiger partial charge in [-0.3, -0.25) is 19.0 Å². The molecule has 3 aromatic heterocycles. The summed E-state index contributed by atoms with van der Waals surface area (Å²) in [6.45, 7) is 0.632. The van der Waals surface area contributed by atoms with Crippen molar-refractivity contribution in [2.75, 3.05) is 6.54 Å². The summed E-state index contributed by atoms with van der Waals surface area (Å²) in [6, 6.07) is 11.9. The molecule has 39 heavy (non-hydrogen) atoms. The van der Waals surface area contributed by atoms with E-state index in [2.05, 4.69) is 16.7 Å². The first kappa shape index (κ1) is 26.4. The molecule has 10 heteroatoms. The standard InChI is InChI=1S/C29H30N4O5S/c34-25(31-18-23-7-4-15-38-23)17-21-8-10-22(11-9-21)33-28(36)27-24(13-16-39-27)32(29(33)37)19-26(35)30-14-12-20-5-2-1-3-6-20/h4-5,7-11,13,15-16H,1-3,6,12,14,17-19H2,(H,30,35)(H,31,34). The van der Waals surface area contributed by atoms with Crippen molar-refractivity contribution in [1.29, 1.82) is 0 Å². The summed E-state index contributed by atoms with van der Waals surface area (Å²) in [5.41, 5.74) is 1.90. The fourth-order valence-corrected chi connectivity index (χ4v) is 5.60. The average Bonchev–Trinajstić information content (AvgIpc) is 3.64. The van der Waals surface area contributed by atoms with E-state index < -0.39 is 11.2 Å². The lowest BCUT2D eigenvalue weighted by molar-refractivity contribution is -0.122. The molecule has 5 rings (SSSR count). The number of furan rings is 1. The number of nitrogens with one attached hydrogen (secondary N) is 2. The monoisotopic (exact) mass is 546 g/mol. The van der Waals surface area contributed by atoms with E-state index in [1.54, 1.807) is 54.1 Å². The maximum atomic E-state index is 13.5. The summed E-state index contributed by atoms with van der Waals surface area (Å²) in [7, 11) is 0. The fraction of sp³-hybridized carbons (Fsp3) is 0.310. The van der Waals surface area contributed by atoms with Crippen molar-refractivity contribution in [3.63, 3.8) is 0 Å². The lowest BCUT2D eigenvalue weighted by Gasteiger charge is -2.14. The van der Waals surface area contributed by atoms with Crippen molar-refractivity contribution in [2.24, 2.45) is 0 Å². The number of hydrogen-bond acceptors (Lipinski definition) is 6. The van der Waals surface area contributed by atoms with Gasteiger partial charge in [-0.2, -0.15) is 0 Å². The topological polar surface area (TPSA) is 115 Å². The molecule has 0 bridgehead atoms. The van der Waals surface area contributed by atoms with Crippen LogP contribution in [0.5, 0.6) is 0 Å². The molecular weight excluding hydrogens is 516 g/mol. The summed E-state index contributed by atoms with van der Waals surface area (Å²) in [4.78, 5) is 51.8. The van der Waals surface area contributed by atoms with Gasteiger partial charge in [-0.25, -0.2) is 9.36 Å². The van der Waals surface area contributed by atoms with Gasteiger partial charge in [0.25, 0.3) is 5.56 Å². The third-order valence-corrected chi connectivity index (χ3v) is 7.70. The van der Waals surface area contributed by atoms with E-state index in [9.17, 15) is 19.2 Å². The lowest BCUT2D eigenvalue weighted by atomic mass is 9.97. The average molecular weight is 547 g/mol. The summed E-state index contributed by atoms with van der Waals surface area (Å²) in [5, 5.41) is 7.45. The van der Waals surface area contributed by atoms with E-state index in [-0.39, 0.29) is 24.8 Å². The highest BCUT2D eigenvalue weighted by molar-refractivity contribution is 7.17. The van der Waals surface area contributed by atoms with Crippen LogP contribution >= 0.6 is 11.3 Å². The van der Waals surface area contributed by atoms with E-state index in [4.69, 9.17) is 4.42 Å². The van der Waals surface area contributed by atoms with E-state index in [0.717, 1.165) is 29.4 Å². The summed E-state index contributed by atoms with van der Waals surface area (Å²) in [5.74, 6) is 0.209. The predicted molar refractivity (Wildman–Crippen MR) is 150 cm³/mol. The number of benzene rings is 1. The molecular formula is C29H30N4O5S. The molecule has 0 aliphatic heterocycles. The second kappa shape index (κ2) is 12.1. The maximum Gasteiger partial charge on any atom is 0.336 e. The van der Waals surface area contributed by atoms with Crippen LogP contribution in [0.4, 0.5) is 0 Å². The molecule has 4 aromatic rings. The minimum absolute atomic E-state index is 0.140. The Morgan fingerprint density at radius 1 is 1.00 bits per heavy atom. The van der Waals surface area contributed by atoms with Crippen LogP contribution in [-0.4, -0.2) is 27.5 Å². The summed E-state index contributed by atoms with van der Waals surface area (Å²) >= 11 is 1.23. The zero-order chi connectivity index (χ0) is 27.2. The molecule has 2 N–H and O–H groups in total. The third kappa shape index (κ3) is 6.28. The van der Waals surface area contributed by atoms with Crippen LogP contribution in [0.25, 0.3) is 15.9 Å². The molecule has 202 valence electrons.